The van der Waals surface area contributed by atoms with Gasteiger partial charge in [0, 0.05) is 10.8 Å². The molecule has 1 fully saturated rings. The maximum atomic E-state index is 12.5. The predicted octanol–water partition coefficient (Wildman–Crippen LogP) is 2.71. The zero-order chi connectivity index (χ0) is 14.8. The smallest absolute Gasteiger partial charge is 0.242 e. The molecule has 6 heteroatoms. The molecule has 0 spiro atoms. The quantitative estimate of drug-likeness (QED) is 0.927. The fourth-order valence-corrected chi connectivity index (χ4v) is 2.97. The first-order valence-corrected chi connectivity index (χ1v) is 7.46. The average molecular weight is 305 g/mol. The molecular weight excluding hydrogens is 288 g/mol. The lowest BCUT2D eigenvalue weighted by atomic mass is 10.0. The third-order valence-corrected chi connectivity index (χ3v) is 4.24. The van der Waals surface area contributed by atoms with Gasteiger partial charge in [-0.3, -0.25) is 9.69 Å². The van der Waals surface area contributed by atoms with Gasteiger partial charge in [-0.25, -0.2) is 0 Å². The Balaban J connectivity index is 1.88. The number of fused-ring (bicyclic) bond motifs is 1. The van der Waals surface area contributed by atoms with E-state index < -0.39 is 0 Å². The standard InChI is InChI=1S/C15H17ClN4O/c1-20-9-5-4-8-12(20)15(21)17-14-11-7-3-2-6-10(11)13(16)18-19-14/h2-3,6-7,12H,4-5,8-9H2,1H3,(H,17,19,21)/t12-/m0/s1. The molecule has 1 aliphatic heterocycles. The zero-order valence-electron chi connectivity index (χ0n) is 11.8. The van der Waals surface area contributed by atoms with E-state index in [0.717, 1.165) is 36.6 Å². The molecule has 1 atom stereocenters. The Hall–Kier alpha value is -1.72. The summed E-state index contributed by atoms with van der Waals surface area (Å²) in [5.74, 6) is 0.443. The number of anilines is 1. The Morgan fingerprint density at radius 3 is 2.81 bits per heavy atom. The van der Waals surface area contributed by atoms with Crippen LogP contribution in [0.1, 0.15) is 19.3 Å². The van der Waals surface area contributed by atoms with Crippen molar-refractivity contribution in [3.05, 3.63) is 29.4 Å². The van der Waals surface area contributed by atoms with Crippen LogP contribution in [0.4, 0.5) is 5.82 Å². The highest BCUT2D eigenvalue weighted by molar-refractivity contribution is 6.34. The van der Waals surface area contributed by atoms with Crippen LogP contribution >= 0.6 is 11.6 Å². The van der Waals surface area contributed by atoms with Crippen LogP contribution in [0.2, 0.25) is 5.15 Å². The van der Waals surface area contributed by atoms with Crippen LogP contribution in [-0.2, 0) is 4.79 Å². The molecule has 1 aliphatic rings. The summed E-state index contributed by atoms with van der Waals surface area (Å²) in [6, 6.07) is 7.43. The second-order valence-electron chi connectivity index (χ2n) is 5.37. The fraction of sp³-hybridized carbons (Fsp3) is 0.400. The second-order valence-corrected chi connectivity index (χ2v) is 5.72. The number of carbonyl (C=O) groups is 1. The van der Waals surface area contributed by atoms with E-state index in [1.54, 1.807) is 0 Å². The van der Waals surface area contributed by atoms with Gasteiger partial charge in [-0.05, 0) is 26.4 Å². The van der Waals surface area contributed by atoms with Crippen molar-refractivity contribution in [2.75, 3.05) is 18.9 Å². The molecule has 2 aromatic rings. The van der Waals surface area contributed by atoms with Crippen molar-refractivity contribution in [3.63, 3.8) is 0 Å². The van der Waals surface area contributed by atoms with E-state index in [1.165, 1.54) is 0 Å². The number of nitrogens with one attached hydrogen (secondary N) is 1. The number of hydrogen-bond acceptors (Lipinski definition) is 4. The number of carbonyl (C=O) groups excluding carboxylic acids is 1. The summed E-state index contributed by atoms with van der Waals surface area (Å²) in [6.07, 6.45) is 3.10. The molecule has 2 heterocycles. The third kappa shape index (κ3) is 2.84. The minimum absolute atomic E-state index is 0.0287. The Bertz CT molecular complexity index is 676. The van der Waals surface area contributed by atoms with Crippen molar-refractivity contribution >= 4 is 34.1 Å². The zero-order valence-corrected chi connectivity index (χ0v) is 12.6. The molecule has 5 nitrogen and oxygen atoms in total. The number of aromatic nitrogens is 2. The van der Waals surface area contributed by atoms with Crippen molar-refractivity contribution in [1.82, 2.24) is 15.1 Å². The second kappa shape index (κ2) is 5.95. The van der Waals surface area contributed by atoms with E-state index in [9.17, 15) is 4.79 Å². The van der Waals surface area contributed by atoms with Crippen LogP contribution in [0.3, 0.4) is 0 Å². The van der Waals surface area contributed by atoms with Gasteiger partial charge in [-0.1, -0.05) is 42.3 Å². The maximum Gasteiger partial charge on any atom is 0.242 e. The average Bonchev–Trinajstić information content (AvgIpc) is 2.51. The molecule has 110 valence electrons. The fourth-order valence-electron chi connectivity index (χ4n) is 2.77. The van der Waals surface area contributed by atoms with E-state index in [4.69, 9.17) is 11.6 Å². The van der Waals surface area contributed by atoms with E-state index in [-0.39, 0.29) is 11.9 Å². The maximum absolute atomic E-state index is 12.5. The topological polar surface area (TPSA) is 58.1 Å². The molecule has 1 N–H and O–H groups in total. The molecule has 0 aliphatic carbocycles. The highest BCUT2D eigenvalue weighted by atomic mass is 35.5. The summed E-state index contributed by atoms with van der Waals surface area (Å²) in [6.45, 7) is 0.950. The molecule has 0 unspecified atom stereocenters. The van der Waals surface area contributed by atoms with Gasteiger partial charge in [0.25, 0.3) is 0 Å². The molecule has 1 aromatic carbocycles. The number of nitrogens with zero attached hydrogens (tertiary/aromatic N) is 3. The van der Waals surface area contributed by atoms with Crippen molar-refractivity contribution in [2.24, 2.45) is 0 Å². The number of rotatable bonds is 2. The normalized spacial score (nSPS) is 19.6. The summed E-state index contributed by atoms with van der Waals surface area (Å²) in [7, 11) is 1.98. The number of halogens is 1. The Labute approximate surface area is 128 Å². The molecule has 0 bridgehead atoms. The lowest BCUT2D eigenvalue weighted by Gasteiger charge is -2.31. The van der Waals surface area contributed by atoms with E-state index in [0.29, 0.717) is 11.0 Å². The Kier molecular flexibility index (Phi) is 4.03. The first kappa shape index (κ1) is 14.2. The van der Waals surface area contributed by atoms with Crippen LogP contribution in [-0.4, -0.2) is 40.6 Å². The number of likely N-dealkylation sites (tertiary alicyclic amines) is 1. The highest BCUT2D eigenvalue weighted by Gasteiger charge is 2.26. The van der Waals surface area contributed by atoms with Gasteiger partial charge < -0.3 is 5.32 Å². The van der Waals surface area contributed by atoms with Crippen LogP contribution in [0.15, 0.2) is 24.3 Å². The number of piperidine rings is 1. The molecule has 1 aromatic heterocycles. The predicted molar refractivity (Wildman–Crippen MR) is 83.4 cm³/mol. The Morgan fingerprint density at radius 1 is 1.29 bits per heavy atom. The van der Waals surface area contributed by atoms with Crippen LogP contribution in [0, 0.1) is 0 Å². The molecular formula is C15H17ClN4O. The number of hydrogen-bond donors (Lipinski definition) is 1. The van der Waals surface area contributed by atoms with Crippen molar-refractivity contribution in [1.29, 1.82) is 0 Å². The molecule has 0 saturated carbocycles. The number of amides is 1. The lowest BCUT2D eigenvalue weighted by Crippen LogP contribution is -2.44. The van der Waals surface area contributed by atoms with Crippen molar-refractivity contribution < 1.29 is 4.79 Å². The molecule has 0 radical (unpaired) electrons. The lowest BCUT2D eigenvalue weighted by molar-refractivity contribution is -0.121. The van der Waals surface area contributed by atoms with E-state index in [1.807, 2.05) is 31.3 Å². The van der Waals surface area contributed by atoms with Gasteiger partial charge in [0.2, 0.25) is 5.91 Å². The van der Waals surface area contributed by atoms with E-state index in [2.05, 4.69) is 20.4 Å². The molecule has 3 rings (SSSR count). The summed E-state index contributed by atoms with van der Waals surface area (Å²) in [5.41, 5.74) is 0. The number of benzene rings is 1. The summed E-state index contributed by atoms with van der Waals surface area (Å²) in [4.78, 5) is 14.5. The third-order valence-electron chi connectivity index (χ3n) is 3.96. The van der Waals surface area contributed by atoms with E-state index >= 15 is 0 Å². The molecule has 1 saturated heterocycles. The van der Waals surface area contributed by atoms with Crippen LogP contribution in [0.5, 0.6) is 0 Å². The Morgan fingerprint density at radius 2 is 2.05 bits per heavy atom. The van der Waals surface area contributed by atoms with Gasteiger partial charge in [0.05, 0.1) is 6.04 Å². The highest BCUT2D eigenvalue weighted by Crippen LogP contribution is 2.26. The number of likely N-dealkylation sites (N-methyl/N-ethyl adjacent to an activating group) is 1. The summed E-state index contributed by atoms with van der Waals surface area (Å²) < 4.78 is 0. The van der Waals surface area contributed by atoms with Crippen molar-refractivity contribution in [2.45, 2.75) is 25.3 Å². The van der Waals surface area contributed by atoms with Crippen LogP contribution in [0.25, 0.3) is 10.8 Å². The van der Waals surface area contributed by atoms with Crippen LogP contribution < -0.4 is 5.32 Å². The first-order chi connectivity index (χ1) is 10.2. The van der Waals surface area contributed by atoms with Gasteiger partial charge >= 0.3 is 0 Å². The molecule has 1 amide bonds. The SMILES string of the molecule is CN1CCCC[C@H]1C(=O)Nc1nnc(Cl)c2ccccc12. The minimum Gasteiger partial charge on any atom is -0.307 e. The van der Waals surface area contributed by atoms with Gasteiger partial charge in [0.1, 0.15) is 0 Å². The molecule has 21 heavy (non-hydrogen) atoms. The largest absolute Gasteiger partial charge is 0.307 e. The summed E-state index contributed by atoms with van der Waals surface area (Å²) >= 11 is 6.04. The van der Waals surface area contributed by atoms with Gasteiger partial charge in [0.15, 0.2) is 11.0 Å². The monoisotopic (exact) mass is 304 g/mol. The summed E-state index contributed by atoms with van der Waals surface area (Å²) in [5, 5.41) is 12.8. The minimum atomic E-state index is -0.102. The first-order valence-electron chi connectivity index (χ1n) is 7.09. The van der Waals surface area contributed by atoms with Gasteiger partial charge in [-0.15, -0.1) is 10.2 Å². The van der Waals surface area contributed by atoms with Crippen molar-refractivity contribution in [3.8, 4) is 0 Å². The van der Waals surface area contributed by atoms with Gasteiger partial charge in [-0.2, -0.15) is 0 Å².